The average molecular weight is 387 g/mol. The van der Waals surface area contributed by atoms with Crippen molar-refractivity contribution >= 4 is 29.3 Å². The zero-order valence-corrected chi connectivity index (χ0v) is 15.2. The summed E-state index contributed by atoms with van der Waals surface area (Å²) in [4.78, 5) is 41.0. The van der Waals surface area contributed by atoms with Gasteiger partial charge in [-0.3, -0.25) is 9.36 Å². The van der Waals surface area contributed by atoms with E-state index >= 15 is 0 Å². The summed E-state index contributed by atoms with van der Waals surface area (Å²) >= 11 is 7.39. The Bertz CT molecular complexity index is 910. The fraction of sp³-hybridized carbons (Fsp3) is 0.312. The highest BCUT2D eigenvalue weighted by molar-refractivity contribution is 7.98. The monoisotopic (exact) mass is 386 g/mol. The fourth-order valence-electron chi connectivity index (χ4n) is 2.23. The normalized spacial score (nSPS) is 10.7. The van der Waals surface area contributed by atoms with Gasteiger partial charge in [-0.25, -0.2) is 14.0 Å². The third-order valence-electron chi connectivity index (χ3n) is 3.37. The van der Waals surface area contributed by atoms with Gasteiger partial charge in [0.2, 0.25) is 0 Å². The predicted molar refractivity (Wildman–Crippen MR) is 94.8 cm³/mol. The van der Waals surface area contributed by atoms with Crippen molar-refractivity contribution in [3.8, 4) is 0 Å². The molecule has 0 amide bonds. The maximum atomic E-state index is 13.6. The fourth-order valence-corrected chi connectivity index (χ4v) is 2.78. The second-order valence-electron chi connectivity index (χ2n) is 5.18. The quantitative estimate of drug-likeness (QED) is 0.756. The third-order valence-corrected chi connectivity index (χ3v) is 4.38. The number of carbonyl (C=O) groups is 1. The maximum absolute atomic E-state index is 13.6. The van der Waals surface area contributed by atoms with E-state index in [0.717, 1.165) is 17.7 Å². The molecule has 0 atom stereocenters. The van der Waals surface area contributed by atoms with Crippen molar-refractivity contribution in [1.82, 2.24) is 9.30 Å². The van der Waals surface area contributed by atoms with E-state index in [1.54, 1.807) is 6.07 Å². The summed E-state index contributed by atoms with van der Waals surface area (Å²) in [7, 11) is 0. The zero-order chi connectivity index (χ0) is 18.6. The van der Waals surface area contributed by atoms with Gasteiger partial charge >= 0.3 is 11.7 Å². The minimum absolute atomic E-state index is 0.00373. The lowest BCUT2D eigenvalue weighted by molar-refractivity contribution is -0.142. The first-order chi connectivity index (χ1) is 11.8. The Balaban J connectivity index is 2.56. The maximum Gasteiger partial charge on any atom is 0.364 e. The molecule has 134 valence electrons. The Hall–Kier alpha value is -2.06. The van der Waals surface area contributed by atoms with Gasteiger partial charge in [0.15, 0.2) is 0 Å². The van der Waals surface area contributed by atoms with Crippen LogP contribution in [0.15, 0.2) is 34.0 Å². The summed E-state index contributed by atoms with van der Waals surface area (Å²) in [6.45, 7) is 1.30. The van der Waals surface area contributed by atoms with Gasteiger partial charge in [-0.1, -0.05) is 23.7 Å². The number of hydrogen-bond donors (Lipinski definition) is 0. The van der Waals surface area contributed by atoms with E-state index in [4.69, 9.17) is 16.4 Å². The Morgan fingerprint density at radius 2 is 2.04 bits per heavy atom. The number of halogens is 2. The molecule has 0 radical (unpaired) electrons. The number of benzene rings is 1. The second-order valence-corrected chi connectivity index (χ2v) is 6.55. The number of aromatic nitrogens is 2. The predicted octanol–water partition coefficient (Wildman–Crippen LogP) is 1.73. The van der Waals surface area contributed by atoms with Crippen LogP contribution in [-0.2, 0) is 17.8 Å². The van der Waals surface area contributed by atoms with Crippen LogP contribution in [0.5, 0.6) is 0 Å². The number of rotatable bonds is 6. The molecule has 1 aromatic carbocycles. The number of nitrogens with zero attached hydrogens (tertiary/aromatic N) is 2. The molecule has 2 rings (SSSR count). The van der Waals surface area contributed by atoms with E-state index < -0.39 is 23.0 Å². The Kier molecular flexibility index (Phi) is 6.44. The summed E-state index contributed by atoms with van der Waals surface area (Å²) in [5.41, 5.74) is -0.719. The van der Waals surface area contributed by atoms with Crippen LogP contribution >= 0.6 is 23.4 Å². The smallest absolute Gasteiger partial charge is 0.333 e. The molecule has 0 spiro atoms. The van der Waals surface area contributed by atoms with Crippen molar-refractivity contribution in [3.05, 3.63) is 67.2 Å². The molecule has 0 saturated heterocycles. The molecule has 2 aromatic rings. The SMILES string of the molecule is CSCCn1c(=O)c(Cc2cccc(F)c2Cl)cn(OC(C)=O)c1=O. The molecule has 0 unspecified atom stereocenters. The highest BCUT2D eigenvalue weighted by atomic mass is 35.5. The van der Waals surface area contributed by atoms with Crippen molar-refractivity contribution in [3.63, 3.8) is 0 Å². The van der Waals surface area contributed by atoms with Gasteiger partial charge in [-0.2, -0.15) is 11.8 Å². The van der Waals surface area contributed by atoms with Gasteiger partial charge in [0.1, 0.15) is 5.82 Å². The van der Waals surface area contributed by atoms with Gasteiger partial charge in [0.25, 0.3) is 5.56 Å². The number of thioether (sulfide) groups is 1. The molecular formula is C16H16ClFN2O4S. The molecule has 0 N–H and O–H groups in total. The lowest BCUT2D eigenvalue weighted by Gasteiger charge is -2.12. The van der Waals surface area contributed by atoms with Crippen LogP contribution in [0.25, 0.3) is 0 Å². The van der Waals surface area contributed by atoms with E-state index in [9.17, 15) is 18.8 Å². The summed E-state index contributed by atoms with van der Waals surface area (Å²) in [5.74, 6) is -0.776. The summed E-state index contributed by atoms with van der Waals surface area (Å²) in [6, 6.07) is 4.27. The van der Waals surface area contributed by atoms with Crippen molar-refractivity contribution in [2.75, 3.05) is 12.0 Å². The van der Waals surface area contributed by atoms with Gasteiger partial charge < -0.3 is 4.84 Å². The molecule has 0 saturated carbocycles. The van der Waals surface area contributed by atoms with E-state index in [1.165, 1.54) is 23.9 Å². The van der Waals surface area contributed by atoms with Crippen molar-refractivity contribution in [2.45, 2.75) is 19.9 Å². The Labute approximate surface area is 152 Å². The molecule has 0 aliphatic carbocycles. The van der Waals surface area contributed by atoms with Crippen molar-refractivity contribution < 1.29 is 14.0 Å². The summed E-state index contributed by atoms with van der Waals surface area (Å²) in [5, 5.41) is -0.0946. The molecule has 0 aliphatic rings. The van der Waals surface area contributed by atoms with Crippen LogP contribution < -0.4 is 16.1 Å². The minimum Gasteiger partial charge on any atom is -0.333 e. The van der Waals surface area contributed by atoms with Gasteiger partial charge in [-0.15, -0.1) is 4.73 Å². The molecule has 0 aliphatic heterocycles. The molecule has 9 heteroatoms. The molecular weight excluding hydrogens is 371 g/mol. The van der Waals surface area contributed by atoms with Crippen molar-refractivity contribution in [2.24, 2.45) is 0 Å². The van der Waals surface area contributed by atoms with Gasteiger partial charge in [0, 0.05) is 31.2 Å². The van der Waals surface area contributed by atoms with E-state index in [1.807, 2.05) is 6.26 Å². The van der Waals surface area contributed by atoms with Crippen LogP contribution in [0.2, 0.25) is 5.02 Å². The molecule has 6 nitrogen and oxygen atoms in total. The topological polar surface area (TPSA) is 70.3 Å². The van der Waals surface area contributed by atoms with E-state index in [-0.39, 0.29) is 23.6 Å². The highest BCUT2D eigenvalue weighted by Crippen LogP contribution is 2.21. The first kappa shape index (κ1) is 19.3. The van der Waals surface area contributed by atoms with Crippen LogP contribution in [0, 0.1) is 5.82 Å². The molecule has 1 heterocycles. The zero-order valence-electron chi connectivity index (χ0n) is 13.6. The lowest BCUT2D eigenvalue weighted by atomic mass is 10.1. The second kappa shape index (κ2) is 8.35. The van der Waals surface area contributed by atoms with Crippen LogP contribution in [0.4, 0.5) is 4.39 Å². The van der Waals surface area contributed by atoms with E-state index in [0.29, 0.717) is 16.0 Å². The Morgan fingerprint density at radius 1 is 1.32 bits per heavy atom. The number of hydrogen-bond acceptors (Lipinski definition) is 5. The minimum atomic E-state index is -0.747. The molecule has 0 bridgehead atoms. The van der Waals surface area contributed by atoms with Gasteiger partial charge in [0.05, 0.1) is 11.2 Å². The van der Waals surface area contributed by atoms with E-state index in [2.05, 4.69) is 0 Å². The summed E-state index contributed by atoms with van der Waals surface area (Å²) in [6.07, 6.45) is 2.98. The largest absolute Gasteiger partial charge is 0.364 e. The van der Waals surface area contributed by atoms with Gasteiger partial charge in [-0.05, 0) is 17.9 Å². The van der Waals surface area contributed by atoms with Crippen LogP contribution in [0.1, 0.15) is 18.1 Å². The van der Waals surface area contributed by atoms with Crippen LogP contribution in [-0.4, -0.2) is 27.3 Å². The first-order valence-electron chi connectivity index (χ1n) is 7.31. The lowest BCUT2D eigenvalue weighted by Crippen LogP contribution is -2.44. The molecule has 1 aromatic heterocycles. The Morgan fingerprint density at radius 3 is 2.68 bits per heavy atom. The standard InChI is InChI=1S/C16H16ClFN2O4S/c1-10(21)24-20-9-12(8-11-4-3-5-13(18)14(11)17)15(22)19(16(20)23)6-7-25-2/h3-5,9H,6-8H2,1-2H3. The van der Waals surface area contributed by atoms with Crippen molar-refractivity contribution in [1.29, 1.82) is 0 Å². The molecule has 0 fully saturated rings. The summed E-state index contributed by atoms with van der Waals surface area (Å²) < 4.78 is 15.3. The number of carbonyl (C=O) groups excluding carboxylic acids is 1. The molecule has 25 heavy (non-hydrogen) atoms. The third kappa shape index (κ3) is 4.52. The highest BCUT2D eigenvalue weighted by Gasteiger charge is 2.15. The average Bonchev–Trinajstić information content (AvgIpc) is 2.55. The first-order valence-corrected chi connectivity index (χ1v) is 9.08. The van der Waals surface area contributed by atoms with Crippen LogP contribution in [0.3, 0.4) is 0 Å².